The number of nitrogens with zero attached hydrogens (tertiary/aromatic N) is 1. The van der Waals surface area contributed by atoms with E-state index in [1.165, 1.54) is 48.1 Å². The van der Waals surface area contributed by atoms with E-state index in [1.807, 2.05) is 0 Å². The van der Waals surface area contributed by atoms with Gasteiger partial charge in [-0.25, -0.2) is 13.4 Å². The van der Waals surface area contributed by atoms with Crippen LogP contribution in [0.1, 0.15) is 5.56 Å². The predicted octanol–water partition coefficient (Wildman–Crippen LogP) is 4.52. The van der Waals surface area contributed by atoms with E-state index in [1.54, 1.807) is 23.6 Å². The Labute approximate surface area is 175 Å². The van der Waals surface area contributed by atoms with Crippen molar-refractivity contribution in [1.82, 2.24) is 4.98 Å². The molecule has 0 atom stereocenters. The maximum Gasteiger partial charge on any atom is 0.263 e. The fraction of sp³-hybridized carbons (Fsp3) is 0.0526. The van der Waals surface area contributed by atoms with Crippen LogP contribution in [-0.2, 0) is 21.2 Å². The minimum absolute atomic E-state index is 0.0705. The summed E-state index contributed by atoms with van der Waals surface area (Å²) in [6, 6.07) is 11.1. The molecule has 10 heteroatoms. The van der Waals surface area contributed by atoms with Gasteiger partial charge in [0.2, 0.25) is 5.91 Å². The number of carbonyl (C=O) groups excluding carboxylic acids is 1. The zero-order valence-electron chi connectivity index (χ0n) is 14.8. The average Bonchev–Trinajstić information content (AvgIpc) is 3.32. The smallest absolute Gasteiger partial charge is 0.263 e. The first-order valence-electron chi connectivity index (χ1n) is 8.38. The van der Waals surface area contributed by atoms with Crippen LogP contribution in [0.2, 0.25) is 5.02 Å². The first kappa shape index (κ1) is 19.4. The van der Waals surface area contributed by atoms with Gasteiger partial charge in [0.1, 0.15) is 5.58 Å². The highest BCUT2D eigenvalue weighted by Gasteiger charge is 2.16. The van der Waals surface area contributed by atoms with Crippen molar-refractivity contribution in [3.8, 4) is 0 Å². The molecule has 0 bridgehead atoms. The summed E-state index contributed by atoms with van der Waals surface area (Å²) in [6.07, 6.45) is 3.14. The Balaban J connectivity index is 1.44. The number of nitrogens with one attached hydrogen (secondary N) is 2. The summed E-state index contributed by atoms with van der Waals surface area (Å²) in [5, 5.41) is 6.04. The van der Waals surface area contributed by atoms with Crippen LogP contribution in [0.25, 0.3) is 11.0 Å². The molecule has 0 radical (unpaired) electrons. The molecule has 0 aliphatic heterocycles. The molecule has 0 aliphatic carbocycles. The zero-order valence-corrected chi connectivity index (χ0v) is 17.1. The lowest BCUT2D eigenvalue weighted by Gasteiger charge is -2.08. The van der Waals surface area contributed by atoms with Gasteiger partial charge in [0.15, 0.2) is 5.13 Å². The van der Waals surface area contributed by atoms with Crippen LogP contribution in [0, 0.1) is 0 Å². The Bertz CT molecular complexity index is 1270. The number of carbonyl (C=O) groups is 1. The molecule has 2 aromatic carbocycles. The lowest BCUT2D eigenvalue weighted by Crippen LogP contribution is -2.15. The van der Waals surface area contributed by atoms with E-state index in [4.69, 9.17) is 16.0 Å². The molecular weight excluding hydrogens is 434 g/mol. The van der Waals surface area contributed by atoms with Crippen molar-refractivity contribution < 1.29 is 17.6 Å². The number of anilines is 2. The highest BCUT2D eigenvalue weighted by molar-refractivity contribution is 7.93. The van der Waals surface area contributed by atoms with Crippen molar-refractivity contribution in [2.24, 2.45) is 0 Å². The Kier molecular flexibility index (Phi) is 5.27. The molecule has 1 amide bonds. The summed E-state index contributed by atoms with van der Waals surface area (Å²) in [6.45, 7) is 0. The third-order valence-electron chi connectivity index (χ3n) is 4.07. The summed E-state index contributed by atoms with van der Waals surface area (Å²) in [5.74, 6) is -0.260. The quantitative estimate of drug-likeness (QED) is 0.452. The lowest BCUT2D eigenvalue weighted by atomic mass is 10.1. The zero-order chi connectivity index (χ0) is 20.4. The van der Waals surface area contributed by atoms with Crippen molar-refractivity contribution in [3.63, 3.8) is 0 Å². The fourth-order valence-corrected chi connectivity index (χ4v) is 4.70. The second kappa shape index (κ2) is 7.86. The molecule has 0 spiro atoms. The Hall–Kier alpha value is -2.88. The third-order valence-corrected chi connectivity index (χ3v) is 6.48. The number of hydrogen-bond acceptors (Lipinski definition) is 6. The van der Waals surface area contributed by atoms with Crippen LogP contribution in [0.4, 0.5) is 10.8 Å². The predicted molar refractivity (Wildman–Crippen MR) is 113 cm³/mol. The van der Waals surface area contributed by atoms with Gasteiger partial charge in [0.25, 0.3) is 10.0 Å². The number of hydrogen-bond donors (Lipinski definition) is 2. The number of benzene rings is 2. The Morgan fingerprint density at radius 2 is 1.97 bits per heavy atom. The standard InChI is InChI=1S/C19H14ClN3O4S2/c20-13-1-6-17-16(10-13)12(11-27-17)9-18(24)22-14-2-4-15(5-3-14)29(25,26)23-19-21-7-8-28-19/h1-8,10-11H,9H2,(H,21,23)(H,22,24). The summed E-state index contributed by atoms with van der Waals surface area (Å²) >= 11 is 7.20. The number of rotatable bonds is 6. The third kappa shape index (κ3) is 4.42. The molecule has 2 N–H and O–H groups in total. The van der Waals surface area contributed by atoms with Crippen LogP contribution >= 0.6 is 22.9 Å². The number of thiazole rings is 1. The fourth-order valence-electron chi connectivity index (χ4n) is 2.73. The van der Waals surface area contributed by atoms with Gasteiger partial charge < -0.3 is 9.73 Å². The number of aromatic nitrogens is 1. The molecule has 0 saturated heterocycles. The summed E-state index contributed by atoms with van der Waals surface area (Å²) < 4.78 is 32.5. The van der Waals surface area contributed by atoms with Gasteiger partial charge in [-0.05, 0) is 42.5 Å². The summed E-state index contributed by atoms with van der Waals surface area (Å²) in [4.78, 5) is 16.4. The van der Waals surface area contributed by atoms with Crippen LogP contribution in [-0.4, -0.2) is 19.3 Å². The van der Waals surface area contributed by atoms with Gasteiger partial charge >= 0.3 is 0 Å². The maximum atomic E-state index is 12.4. The van der Waals surface area contributed by atoms with Crippen LogP contribution < -0.4 is 10.0 Å². The van der Waals surface area contributed by atoms with E-state index in [0.717, 1.165) is 5.39 Å². The number of halogens is 1. The number of amides is 1. The number of sulfonamides is 1. The first-order valence-corrected chi connectivity index (χ1v) is 11.1. The molecule has 7 nitrogen and oxygen atoms in total. The van der Waals surface area contributed by atoms with Crippen molar-refractivity contribution >= 4 is 60.7 Å². The molecule has 29 heavy (non-hydrogen) atoms. The van der Waals surface area contributed by atoms with Crippen molar-refractivity contribution in [2.75, 3.05) is 10.0 Å². The van der Waals surface area contributed by atoms with E-state index in [9.17, 15) is 13.2 Å². The first-order chi connectivity index (χ1) is 13.9. The highest BCUT2D eigenvalue weighted by Crippen LogP contribution is 2.25. The second-order valence-electron chi connectivity index (χ2n) is 6.09. The SMILES string of the molecule is O=C(Cc1coc2ccc(Cl)cc12)Nc1ccc(S(=O)(=O)Nc2nccs2)cc1. The molecule has 4 aromatic rings. The number of furan rings is 1. The maximum absolute atomic E-state index is 12.4. The largest absolute Gasteiger partial charge is 0.464 e. The molecule has 0 fully saturated rings. The van der Waals surface area contributed by atoms with Gasteiger partial charge in [-0.3, -0.25) is 9.52 Å². The van der Waals surface area contributed by atoms with Gasteiger partial charge in [-0.15, -0.1) is 11.3 Å². The lowest BCUT2D eigenvalue weighted by molar-refractivity contribution is -0.115. The molecule has 0 aliphatic rings. The van der Waals surface area contributed by atoms with Crippen molar-refractivity contribution in [2.45, 2.75) is 11.3 Å². The van der Waals surface area contributed by atoms with Crippen molar-refractivity contribution in [3.05, 3.63) is 70.9 Å². The highest BCUT2D eigenvalue weighted by atomic mass is 35.5. The van der Waals surface area contributed by atoms with E-state index in [-0.39, 0.29) is 22.4 Å². The summed E-state index contributed by atoms with van der Waals surface area (Å²) in [5.41, 5.74) is 1.85. The molecule has 0 saturated carbocycles. The van der Waals surface area contributed by atoms with Gasteiger partial charge in [0.05, 0.1) is 17.6 Å². The molecule has 2 aromatic heterocycles. The molecule has 0 unspecified atom stereocenters. The second-order valence-corrected chi connectivity index (χ2v) is 9.11. The van der Waals surface area contributed by atoms with Crippen molar-refractivity contribution in [1.29, 1.82) is 0 Å². The Morgan fingerprint density at radius 3 is 2.69 bits per heavy atom. The van der Waals surface area contributed by atoms with E-state index < -0.39 is 10.0 Å². The average molecular weight is 448 g/mol. The normalized spacial score (nSPS) is 11.5. The topological polar surface area (TPSA) is 101 Å². The van der Waals surface area contributed by atoms with Gasteiger partial charge in [0, 0.05) is 33.2 Å². The van der Waals surface area contributed by atoms with Gasteiger partial charge in [-0.2, -0.15) is 0 Å². The molecular formula is C19H14ClN3O4S2. The van der Waals surface area contributed by atoms with Crippen LogP contribution in [0.15, 0.2) is 69.6 Å². The van der Waals surface area contributed by atoms with E-state index in [0.29, 0.717) is 21.9 Å². The Morgan fingerprint density at radius 1 is 1.17 bits per heavy atom. The minimum Gasteiger partial charge on any atom is -0.464 e. The summed E-state index contributed by atoms with van der Waals surface area (Å²) in [7, 11) is -3.74. The number of fused-ring (bicyclic) bond motifs is 1. The van der Waals surface area contributed by atoms with Crippen LogP contribution in [0.3, 0.4) is 0 Å². The minimum atomic E-state index is -3.74. The van der Waals surface area contributed by atoms with E-state index in [2.05, 4.69) is 15.0 Å². The monoisotopic (exact) mass is 447 g/mol. The van der Waals surface area contributed by atoms with E-state index >= 15 is 0 Å². The molecule has 148 valence electrons. The van der Waals surface area contributed by atoms with Gasteiger partial charge in [-0.1, -0.05) is 11.6 Å². The molecule has 2 heterocycles. The molecule has 4 rings (SSSR count). The van der Waals surface area contributed by atoms with Crippen LogP contribution in [0.5, 0.6) is 0 Å².